The van der Waals surface area contributed by atoms with E-state index >= 15 is 0 Å². The second-order valence-corrected chi connectivity index (χ2v) is 5.20. The molecule has 0 bridgehead atoms. The van der Waals surface area contributed by atoms with Gasteiger partial charge in [0.05, 0.1) is 22.7 Å². The second-order valence-electron chi connectivity index (χ2n) is 4.25. The number of thiophene rings is 1. The van der Waals surface area contributed by atoms with Gasteiger partial charge in [0.15, 0.2) is 0 Å². The minimum atomic E-state index is 0.265. The fraction of sp³-hybridized carbons (Fsp3) is 0.214. The maximum absolute atomic E-state index is 5.11. The first kappa shape index (κ1) is 11.4. The highest BCUT2D eigenvalue weighted by atomic mass is 32.1. The van der Waals surface area contributed by atoms with Crippen molar-refractivity contribution in [2.75, 3.05) is 7.05 Å². The van der Waals surface area contributed by atoms with Gasteiger partial charge in [0.1, 0.15) is 0 Å². The summed E-state index contributed by atoms with van der Waals surface area (Å²) in [5.41, 5.74) is 3.48. The lowest BCUT2D eigenvalue weighted by Gasteiger charge is -2.15. The molecule has 4 heteroatoms. The summed E-state index contributed by atoms with van der Waals surface area (Å²) in [6.45, 7) is 0. The molecule has 0 saturated heterocycles. The number of rotatable bonds is 4. The van der Waals surface area contributed by atoms with E-state index in [-0.39, 0.29) is 6.04 Å². The van der Waals surface area contributed by atoms with E-state index in [2.05, 4.69) is 21.7 Å². The van der Waals surface area contributed by atoms with Gasteiger partial charge in [-0.1, -0.05) is 0 Å². The molecule has 3 aromatic heterocycles. The predicted molar refractivity (Wildman–Crippen MR) is 73.8 cm³/mol. The number of nitrogens with zero attached hydrogens (tertiary/aromatic N) is 1. The quantitative estimate of drug-likeness (QED) is 0.779. The van der Waals surface area contributed by atoms with Crippen LogP contribution in [0.5, 0.6) is 0 Å². The van der Waals surface area contributed by atoms with Gasteiger partial charge in [-0.05, 0) is 48.2 Å². The van der Waals surface area contributed by atoms with E-state index in [4.69, 9.17) is 4.42 Å². The molecule has 0 aliphatic carbocycles. The molecule has 0 aliphatic heterocycles. The number of hydrogen-bond acceptors (Lipinski definition) is 4. The molecule has 18 heavy (non-hydrogen) atoms. The van der Waals surface area contributed by atoms with E-state index in [0.29, 0.717) is 0 Å². The molecule has 1 N–H and O–H groups in total. The molecular weight excluding hydrogens is 244 g/mol. The van der Waals surface area contributed by atoms with Crippen LogP contribution in [0, 0.1) is 0 Å². The van der Waals surface area contributed by atoms with Crippen LogP contribution >= 0.6 is 11.3 Å². The largest absolute Gasteiger partial charge is 0.472 e. The summed E-state index contributed by atoms with van der Waals surface area (Å²) < 4.78 is 6.35. The Morgan fingerprint density at radius 3 is 3.17 bits per heavy atom. The van der Waals surface area contributed by atoms with E-state index in [1.54, 1.807) is 23.9 Å². The topological polar surface area (TPSA) is 38.1 Å². The molecule has 0 saturated carbocycles. The summed E-state index contributed by atoms with van der Waals surface area (Å²) in [7, 11) is 1.98. The molecule has 0 aliphatic rings. The Kier molecular flexibility index (Phi) is 3.13. The highest BCUT2D eigenvalue weighted by Crippen LogP contribution is 2.24. The van der Waals surface area contributed by atoms with Gasteiger partial charge in [-0.25, -0.2) is 0 Å². The number of hydrogen-bond donors (Lipinski definition) is 1. The number of furan rings is 1. The summed E-state index contributed by atoms with van der Waals surface area (Å²) in [5.74, 6) is 0. The molecular formula is C14H14N2OS. The molecule has 3 nitrogen and oxygen atoms in total. The van der Waals surface area contributed by atoms with Crippen LogP contribution in [0.1, 0.15) is 17.2 Å². The van der Waals surface area contributed by atoms with Gasteiger partial charge in [-0.2, -0.15) is 0 Å². The fourth-order valence-electron chi connectivity index (χ4n) is 2.08. The average molecular weight is 258 g/mol. The highest BCUT2D eigenvalue weighted by Gasteiger charge is 2.12. The van der Waals surface area contributed by atoms with Crippen molar-refractivity contribution >= 4 is 21.6 Å². The Bertz CT molecular complexity index is 630. The Morgan fingerprint density at radius 2 is 2.39 bits per heavy atom. The standard InChI is InChI=1S/C14H14N2OS/c1-15-13(6-10-2-4-17-9-10)11-7-14-12(16-8-11)3-5-18-14/h2-5,7-9,13,15H,6H2,1H3. The van der Waals surface area contributed by atoms with E-state index in [1.165, 1.54) is 15.8 Å². The van der Waals surface area contributed by atoms with Crippen LogP contribution in [-0.4, -0.2) is 12.0 Å². The zero-order chi connectivity index (χ0) is 12.4. The number of likely N-dealkylation sites (N-methyl/N-ethyl adjacent to an activating group) is 1. The number of fused-ring (bicyclic) bond motifs is 1. The Hall–Kier alpha value is -1.65. The first-order valence-electron chi connectivity index (χ1n) is 5.88. The van der Waals surface area contributed by atoms with E-state index in [0.717, 1.165) is 11.9 Å². The van der Waals surface area contributed by atoms with Crippen molar-refractivity contribution in [3.8, 4) is 0 Å². The molecule has 0 radical (unpaired) electrons. The number of nitrogens with one attached hydrogen (secondary N) is 1. The van der Waals surface area contributed by atoms with Crippen LogP contribution in [0.4, 0.5) is 0 Å². The maximum atomic E-state index is 5.11. The Morgan fingerprint density at radius 1 is 1.44 bits per heavy atom. The van der Waals surface area contributed by atoms with Crippen LogP contribution in [0.25, 0.3) is 10.2 Å². The molecule has 0 aromatic carbocycles. The molecule has 0 spiro atoms. The lowest BCUT2D eigenvalue weighted by atomic mass is 10.0. The SMILES string of the molecule is CNC(Cc1ccoc1)c1cnc2ccsc2c1. The van der Waals surface area contributed by atoms with Gasteiger partial charge in [-0.3, -0.25) is 4.98 Å². The number of aromatic nitrogens is 1. The van der Waals surface area contributed by atoms with E-state index < -0.39 is 0 Å². The summed E-state index contributed by atoms with van der Waals surface area (Å²) in [5, 5.41) is 5.41. The Balaban J connectivity index is 1.90. The van der Waals surface area contributed by atoms with E-state index in [1.807, 2.05) is 25.4 Å². The van der Waals surface area contributed by atoms with Gasteiger partial charge in [-0.15, -0.1) is 11.3 Å². The normalized spacial score (nSPS) is 12.9. The molecule has 3 rings (SSSR count). The third kappa shape index (κ3) is 2.17. The minimum absolute atomic E-state index is 0.265. The molecule has 92 valence electrons. The minimum Gasteiger partial charge on any atom is -0.472 e. The zero-order valence-corrected chi connectivity index (χ0v) is 10.9. The van der Waals surface area contributed by atoms with Crippen molar-refractivity contribution in [2.45, 2.75) is 12.5 Å². The smallest absolute Gasteiger partial charge is 0.0935 e. The molecule has 0 amide bonds. The van der Waals surface area contributed by atoms with Crippen molar-refractivity contribution in [1.29, 1.82) is 0 Å². The van der Waals surface area contributed by atoms with Crippen LogP contribution in [0.3, 0.4) is 0 Å². The third-order valence-corrected chi connectivity index (χ3v) is 3.95. The van der Waals surface area contributed by atoms with Gasteiger partial charge in [0.25, 0.3) is 0 Å². The highest BCUT2D eigenvalue weighted by molar-refractivity contribution is 7.17. The van der Waals surface area contributed by atoms with Gasteiger partial charge in [0.2, 0.25) is 0 Å². The average Bonchev–Trinajstić information content (AvgIpc) is 3.06. The monoisotopic (exact) mass is 258 g/mol. The first-order valence-corrected chi connectivity index (χ1v) is 6.76. The lowest BCUT2D eigenvalue weighted by Crippen LogP contribution is -2.18. The van der Waals surface area contributed by atoms with Crippen LogP contribution in [-0.2, 0) is 6.42 Å². The summed E-state index contributed by atoms with van der Waals surface area (Å²) in [6, 6.07) is 6.53. The zero-order valence-electron chi connectivity index (χ0n) is 10.1. The maximum Gasteiger partial charge on any atom is 0.0935 e. The molecule has 1 unspecified atom stereocenters. The predicted octanol–water partition coefficient (Wildman–Crippen LogP) is 3.39. The van der Waals surface area contributed by atoms with Crippen molar-refractivity contribution in [1.82, 2.24) is 10.3 Å². The van der Waals surface area contributed by atoms with Crippen molar-refractivity contribution in [3.63, 3.8) is 0 Å². The molecule has 3 heterocycles. The van der Waals surface area contributed by atoms with Crippen LogP contribution in [0.15, 0.2) is 46.7 Å². The summed E-state index contributed by atoms with van der Waals surface area (Å²) in [4.78, 5) is 4.49. The van der Waals surface area contributed by atoms with Crippen molar-refractivity contribution in [3.05, 3.63) is 53.4 Å². The second kappa shape index (κ2) is 4.92. The summed E-state index contributed by atoms with van der Waals surface area (Å²) in [6.07, 6.45) is 6.37. The van der Waals surface area contributed by atoms with Gasteiger partial charge in [0, 0.05) is 12.2 Å². The fourth-order valence-corrected chi connectivity index (χ4v) is 2.87. The Labute approximate surface area is 109 Å². The molecule has 3 aromatic rings. The van der Waals surface area contributed by atoms with Crippen LogP contribution in [0.2, 0.25) is 0 Å². The lowest BCUT2D eigenvalue weighted by molar-refractivity contribution is 0.551. The van der Waals surface area contributed by atoms with Gasteiger partial charge < -0.3 is 9.73 Å². The van der Waals surface area contributed by atoms with Crippen molar-refractivity contribution in [2.24, 2.45) is 0 Å². The molecule has 0 fully saturated rings. The van der Waals surface area contributed by atoms with Crippen molar-refractivity contribution < 1.29 is 4.42 Å². The number of pyridine rings is 1. The summed E-state index contributed by atoms with van der Waals surface area (Å²) >= 11 is 1.73. The first-order chi connectivity index (χ1) is 8.86. The third-order valence-electron chi connectivity index (χ3n) is 3.09. The molecule has 1 atom stereocenters. The van der Waals surface area contributed by atoms with Crippen LogP contribution < -0.4 is 5.32 Å². The van der Waals surface area contributed by atoms with Gasteiger partial charge >= 0.3 is 0 Å². The van der Waals surface area contributed by atoms with E-state index in [9.17, 15) is 0 Å².